The van der Waals surface area contributed by atoms with E-state index in [9.17, 15) is 27.2 Å². The Morgan fingerprint density at radius 1 is 1.18 bits per heavy atom. The summed E-state index contributed by atoms with van der Waals surface area (Å²) in [5, 5.41) is 15.3. The van der Waals surface area contributed by atoms with E-state index in [-0.39, 0.29) is 36.9 Å². The molecular weight excluding hydrogens is 452 g/mol. The Morgan fingerprint density at radius 3 is 2.38 bits per heavy atom. The molecule has 2 amide bonds. The third-order valence-electron chi connectivity index (χ3n) is 7.86. The number of likely N-dealkylation sites (tertiary alicyclic amines) is 1. The van der Waals surface area contributed by atoms with E-state index in [1.807, 2.05) is 6.07 Å². The molecule has 184 valence electrons. The van der Waals surface area contributed by atoms with Crippen molar-refractivity contribution in [2.75, 3.05) is 18.4 Å². The topological polar surface area (TPSA) is 85.2 Å². The highest BCUT2D eigenvalue weighted by atomic mass is 19.4. The predicted molar refractivity (Wildman–Crippen MR) is 116 cm³/mol. The molecule has 2 N–H and O–H groups in total. The molecule has 1 aromatic carbocycles. The Balaban J connectivity index is 1.34. The highest BCUT2D eigenvalue weighted by Crippen LogP contribution is 2.53. The Morgan fingerprint density at radius 2 is 1.82 bits per heavy atom. The number of fused-ring (bicyclic) bond motifs is 3. The van der Waals surface area contributed by atoms with Crippen LogP contribution in [0.25, 0.3) is 0 Å². The minimum atomic E-state index is -4.44. The molecule has 1 aromatic rings. The summed E-state index contributed by atoms with van der Waals surface area (Å²) in [5.41, 5.74) is -0.876. The monoisotopic (exact) mass is 480 g/mol. The molecule has 2 unspecified atom stereocenters. The van der Waals surface area contributed by atoms with E-state index >= 15 is 0 Å². The lowest BCUT2D eigenvalue weighted by atomic mass is 9.57. The molecule has 2 bridgehead atoms. The van der Waals surface area contributed by atoms with Crippen LogP contribution in [0.1, 0.15) is 56.1 Å². The molecule has 1 saturated heterocycles. The number of hydrogen-bond donors (Lipinski definition) is 2. The number of amides is 2. The second kappa shape index (κ2) is 8.84. The Hall–Kier alpha value is -2.67. The summed E-state index contributed by atoms with van der Waals surface area (Å²) in [4.78, 5) is 27.0. The summed E-state index contributed by atoms with van der Waals surface area (Å²) >= 11 is 0. The number of carbonyl (C=O) groups is 2. The number of anilines is 1. The highest BCUT2D eigenvalue weighted by Gasteiger charge is 2.52. The molecule has 3 saturated carbocycles. The van der Waals surface area contributed by atoms with E-state index in [0.29, 0.717) is 49.8 Å². The van der Waals surface area contributed by atoms with Gasteiger partial charge in [0.2, 0.25) is 11.8 Å². The Labute approximate surface area is 195 Å². The number of halogens is 4. The lowest BCUT2D eigenvalue weighted by Gasteiger charge is -2.53. The maximum Gasteiger partial charge on any atom is 0.416 e. The van der Waals surface area contributed by atoms with Crippen LogP contribution in [0.5, 0.6) is 0 Å². The lowest BCUT2D eigenvalue weighted by molar-refractivity contribution is -0.137. The normalized spacial score (nSPS) is 30.8. The molecule has 1 heterocycles. The molecule has 4 fully saturated rings. The molecule has 34 heavy (non-hydrogen) atoms. The number of hydrogen-bond acceptors (Lipinski definition) is 4. The van der Waals surface area contributed by atoms with Crippen LogP contribution < -0.4 is 10.6 Å². The van der Waals surface area contributed by atoms with E-state index in [4.69, 9.17) is 5.26 Å². The van der Waals surface area contributed by atoms with Gasteiger partial charge < -0.3 is 15.5 Å². The lowest BCUT2D eigenvalue weighted by Crippen LogP contribution is -2.59. The largest absolute Gasteiger partial charge is 0.416 e. The van der Waals surface area contributed by atoms with Crippen LogP contribution in [0.4, 0.5) is 23.2 Å². The van der Waals surface area contributed by atoms with Crippen LogP contribution in [0, 0.1) is 23.7 Å². The van der Waals surface area contributed by atoms with Gasteiger partial charge in [0, 0.05) is 23.1 Å². The first-order valence-corrected chi connectivity index (χ1v) is 11.5. The average molecular weight is 481 g/mol. The van der Waals surface area contributed by atoms with Gasteiger partial charge in [-0.05, 0) is 69.2 Å². The van der Waals surface area contributed by atoms with Gasteiger partial charge in [-0.25, -0.2) is 4.39 Å². The number of rotatable bonds is 5. The van der Waals surface area contributed by atoms with Gasteiger partial charge in [-0.1, -0.05) is 0 Å². The smallest absolute Gasteiger partial charge is 0.325 e. The first-order valence-electron chi connectivity index (χ1n) is 11.5. The van der Waals surface area contributed by atoms with Crippen LogP contribution in [0.3, 0.4) is 0 Å². The van der Waals surface area contributed by atoms with Crippen molar-refractivity contribution in [3.8, 4) is 6.07 Å². The Bertz CT molecular complexity index is 995. The summed E-state index contributed by atoms with van der Waals surface area (Å²) in [5.74, 6) is -0.471. The van der Waals surface area contributed by atoms with Crippen LogP contribution >= 0.6 is 0 Å². The van der Waals surface area contributed by atoms with Crippen molar-refractivity contribution in [2.24, 2.45) is 5.41 Å². The van der Waals surface area contributed by atoms with Crippen molar-refractivity contribution in [1.29, 1.82) is 5.26 Å². The molecule has 3 aliphatic carbocycles. The maximum atomic E-state index is 13.6. The number of aryl methyl sites for hydroxylation is 1. The van der Waals surface area contributed by atoms with Crippen LogP contribution in [0.15, 0.2) is 18.2 Å². The number of alkyl halides is 4. The second-order valence-electron chi connectivity index (χ2n) is 9.92. The fraction of sp³-hybridized carbons (Fsp3) is 0.625. The predicted octanol–water partition coefficient (Wildman–Crippen LogP) is 4.10. The van der Waals surface area contributed by atoms with Crippen LogP contribution in [0.2, 0.25) is 0 Å². The summed E-state index contributed by atoms with van der Waals surface area (Å²) < 4.78 is 52.4. The van der Waals surface area contributed by atoms with Gasteiger partial charge in [0.05, 0.1) is 24.7 Å². The van der Waals surface area contributed by atoms with Crippen molar-refractivity contribution < 1.29 is 27.2 Å². The molecule has 1 aliphatic heterocycles. The summed E-state index contributed by atoms with van der Waals surface area (Å²) in [6.07, 6.45) is -1.68. The average Bonchev–Trinajstić information content (AvgIpc) is 3.20. The van der Waals surface area contributed by atoms with Gasteiger partial charge >= 0.3 is 6.18 Å². The zero-order valence-electron chi connectivity index (χ0n) is 19.0. The quantitative estimate of drug-likeness (QED) is 0.622. The van der Waals surface area contributed by atoms with E-state index in [0.717, 1.165) is 12.1 Å². The molecule has 0 spiro atoms. The third-order valence-corrected chi connectivity index (χ3v) is 7.86. The van der Waals surface area contributed by atoms with Gasteiger partial charge in [-0.15, -0.1) is 0 Å². The summed E-state index contributed by atoms with van der Waals surface area (Å²) in [6, 6.07) is 4.55. The van der Waals surface area contributed by atoms with Crippen molar-refractivity contribution in [2.45, 2.75) is 75.8 Å². The third kappa shape index (κ3) is 4.63. The van der Waals surface area contributed by atoms with Crippen molar-refractivity contribution >= 4 is 17.5 Å². The minimum Gasteiger partial charge on any atom is -0.325 e. The molecule has 6 nitrogen and oxygen atoms in total. The Kier molecular flexibility index (Phi) is 6.36. The number of nitriles is 1. The van der Waals surface area contributed by atoms with Crippen molar-refractivity contribution in [3.63, 3.8) is 0 Å². The SMILES string of the molecule is Cc1cc(C(F)(F)F)ccc1NC(=O)C12CCC(NCC(=O)N3CC(F)CC3C#N)(CC1)CC2. The molecule has 4 aliphatic rings. The van der Waals surface area contributed by atoms with Gasteiger partial charge in [0.25, 0.3) is 0 Å². The summed E-state index contributed by atoms with van der Waals surface area (Å²) in [7, 11) is 0. The van der Waals surface area contributed by atoms with Gasteiger partial charge in [-0.3, -0.25) is 9.59 Å². The minimum absolute atomic E-state index is 0.0227. The van der Waals surface area contributed by atoms with Gasteiger partial charge in [0.15, 0.2) is 0 Å². The fourth-order valence-corrected chi connectivity index (χ4v) is 5.57. The van der Waals surface area contributed by atoms with Crippen LogP contribution in [-0.2, 0) is 15.8 Å². The number of benzene rings is 1. The first-order chi connectivity index (χ1) is 16.0. The summed E-state index contributed by atoms with van der Waals surface area (Å²) in [6.45, 7) is 1.51. The van der Waals surface area contributed by atoms with Gasteiger partial charge in [-0.2, -0.15) is 18.4 Å². The van der Waals surface area contributed by atoms with E-state index < -0.39 is 29.4 Å². The molecule has 5 rings (SSSR count). The molecule has 0 aromatic heterocycles. The molecule has 2 atom stereocenters. The maximum absolute atomic E-state index is 13.6. The standard InChI is InChI=1S/C24H28F4N4O2/c1-15-10-16(24(26,27)28)2-3-19(15)31-21(34)22-4-7-23(8-5-22,9-6-22)30-13-20(33)32-14-17(25)11-18(32)12-29/h2-3,10,17-18,30H,4-9,11,13-14H2,1H3,(H,31,34). The molecular formula is C24H28F4N4O2. The molecule has 0 radical (unpaired) electrons. The first kappa shape index (κ1) is 24.5. The van der Waals surface area contributed by atoms with Gasteiger partial charge in [0.1, 0.15) is 12.2 Å². The molecule has 10 heteroatoms. The number of nitrogens with one attached hydrogen (secondary N) is 2. The number of carbonyl (C=O) groups excluding carboxylic acids is 2. The fourth-order valence-electron chi connectivity index (χ4n) is 5.57. The van der Waals surface area contributed by atoms with Crippen LogP contribution in [-0.4, -0.2) is 47.6 Å². The van der Waals surface area contributed by atoms with E-state index in [1.165, 1.54) is 11.0 Å². The van der Waals surface area contributed by atoms with E-state index in [2.05, 4.69) is 10.6 Å². The van der Waals surface area contributed by atoms with E-state index in [1.54, 1.807) is 6.92 Å². The number of nitrogens with zero attached hydrogens (tertiary/aromatic N) is 2. The zero-order chi connectivity index (χ0) is 24.7. The van der Waals surface area contributed by atoms with Crippen molar-refractivity contribution in [3.05, 3.63) is 29.3 Å². The second-order valence-corrected chi connectivity index (χ2v) is 9.92. The van der Waals surface area contributed by atoms with Crippen molar-refractivity contribution in [1.82, 2.24) is 10.2 Å². The zero-order valence-corrected chi connectivity index (χ0v) is 19.0. The highest BCUT2D eigenvalue weighted by molar-refractivity contribution is 5.96.